The molecule has 4 atom stereocenters. The highest BCUT2D eigenvalue weighted by molar-refractivity contribution is 5.81. The number of ether oxygens (including phenoxy) is 3. The number of carbonyl (C=O) groups excluding carboxylic acids is 4. The van der Waals surface area contributed by atoms with E-state index in [2.05, 4.69) is 4.74 Å². The second-order valence-electron chi connectivity index (χ2n) is 6.81. The fourth-order valence-corrected chi connectivity index (χ4v) is 3.78. The number of rotatable bonds is 11. The van der Waals surface area contributed by atoms with Crippen LogP contribution >= 0.6 is 0 Å². The molecule has 1 saturated carbocycles. The van der Waals surface area contributed by atoms with E-state index in [1.807, 2.05) is 0 Å². The van der Waals surface area contributed by atoms with Crippen LogP contribution in [0, 0.1) is 11.8 Å². The Bertz CT molecular complexity index is 540. The quantitative estimate of drug-likeness (QED) is 0.178. The van der Waals surface area contributed by atoms with Crippen LogP contribution in [0.15, 0.2) is 12.2 Å². The lowest BCUT2D eigenvalue weighted by molar-refractivity contribution is -0.149. The lowest BCUT2D eigenvalue weighted by Crippen LogP contribution is -2.26. The molecule has 0 bridgehead atoms. The van der Waals surface area contributed by atoms with E-state index < -0.39 is 0 Å². The highest BCUT2D eigenvalue weighted by Gasteiger charge is 2.45. The van der Waals surface area contributed by atoms with Gasteiger partial charge < -0.3 is 19.0 Å². The third-order valence-electron chi connectivity index (χ3n) is 4.84. The fourth-order valence-electron chi connectivity index (χ4n) is 3.78. The Morgan fingerprint density at radius 1 is 0.926 bits per heavy atom. The summed E-state index contributed by atoms with van der Waals surface area (Å²) in [6.45, 7) is 2.73. The van der Waals surface area contributed by atoms with Crippen LogP contribution in [-0.4, -0.2) is 43.5 Å². The van der Waals surface area contributed by atoms with E-state index in [9.17, 15) is 19.2 Å². The third-order valence-corrected chi connectivity index (χ3v) is 4.84. The first-order valence-electron chi connectivity index (χ1n) is 9.41. The van der Waals surface area contributed by atoms with Crippen molar-refractivity contribution < 1.29 is 33.4 Å². The van der Waals surface area contributed by atoms with Crippen LogP contribution in [0.4, 0.5) is 0 Å². The molecule has 7 heteroatoms. The van der Waals surface area contributed by atoms with E-state index in [0.29, 0.717) is 19.3 Å². The van der Waals surface area contributed by atoms with E-state index in [0.717, 1.165) is 32.0 Å². The standard InChI is InChI=1S/C20H30O7/c1-14(22)26-18-13-19(27-15(2)23)17(10-8-12-21)16(18)9-6-4-5-7-11-20(24)25-3/h7,11-12,16-19H,4-6,8-10,13H2,1-3H3/t16-,17-,18+,19-/m1/s1. The summed E-state index contributed by atoms with van der Waals surface area (Å²) in [6.07, 6.45) is 8.13. The van der Waals surface area contributed by atoms with Gasteiger partial charge in [-0.05, 0) is 25.7 Å². The molecule has 7 nitrogen and oxygen atoms in total. The molecule has 0 saturated heterocycles. The lowest BCUT2D eigenvalue weighted by Gasteiger charge is -2.25. The summed E-state index contributed by atoms with van der Waals surface area (Å²) in [6, 6.07) is 0. The van der Waals surface area contributed by atoms with Gasteiger partial charge in [0.05, 0.1) is 7.11 Å². The number of carbonyl (C=O) groups is 4. The summed E-state index contributed by atoms with van der Waals surface area (Å²) in [5.41, 5.74) is 0. The van der Waals surface area contributed by atoms with Gasteiger partial charge in [-0.2, -0.15) is 0 Å². The second kappa shape index (κ2) is 12.3. The molecule has 1 aliphatic rings. The minimum absolute atomic E-state index is 0.00550. The van der Waals surface area contributed by atoms with Crippen molar-refractivity contribution in [3.8, 4) is 0 Å². The predicted molar refractivity (Wildman–Crippen MR) is 97.6 cm³/mol. The molecule has 0 heterocycles. The van der Waals surface area contributed by atoms with Crippen LogP contribution in [-0.2, 0) is 33.4 Å². The van der Waals surface area contributed by atoms with Crippen molar-refractivity contribution in [2.75, 3.05) is 7.11 Å². The van der Waals surface area contributed by atoms with Crippen molar-refractivity contribution in [1.29, 1.82) is 0 Å². The summed E-state index contributed by atoms with van der Waals surface area (Å²) in [7, 11) is 1.33. The monoisotopic (exact) mass is 382 g/mol. The van der Waals surface area contributed by atoms with Crippen molar-refractivity contribution in [1.82, 2.24) is 0 Å². The Kier molecular flexibility index (Phi) is 10.4. The number of unbranched alkanes of at least 4 members (excludes halogenated alkanes) is 2. The zero-order valence-electron chi connectivity index (χ0n) is 16.3. The third kappa shape index (κ3) is 8.37. The Morgan fingerprint density at radius 3 is 2.04 bits per heavy atom. The molecule has 0 spiro atoms. The summed E-state index contributed by atoms with van der Waals surface area (Å²) in [5.74, 6) is -1.06. The maximum atomic E-state index is 11.5. The number of hydrogen-bond donors (Lipinski definition) is 0. The molecule has 0 aromatic heterocycles. The second-order valence-corrected chi connectivity index (χ2v) is 6.81. The highest BCUT2D eigenvalue weighted by Crippen LogP contribution is 2.42. The molecule has 0 N–H and O–H groups in total. The van der Waals surface area contributed by atoms with Gasteiger partial charge in [-0.3, -0.25) is 9.59 Å². The lowest BCUT2D eigenvalue weighted by atomic mass is 9.85. The smallest absolute Gasteiger partial charge is 0.330 e. The Morgan fingerprint density at radius 2 is 1.52 bits per heavy atom. The van der Waals surface area contributed by atoms with E-state index in [-0.39, 0.29) is 42.0 Å². The molecule has 0 unspecified atom stereocenters. The van der Waals surface area contributed by atoms with Gasteiger partial charge in [-0.25, -0.2) is 4.79 Å². The zero-order chi connectivity index (χ0) is 20.2. The average Bonchev–Trinajstić information content (AvgIpc) is 2.90. The van der Waals surface area contributed by atoms with Gasteiger partial charge >= 0.3 is 17.9 Å². The first-order valence-corrected chi connectivity index (χ1v) is 9.41. The molecule has 0 radical (unpaired) electrons. The van der Waals surface area contributed by atoms with E-state index in [1.54, 1.807) is 6.08 Å². The zero-order valence-corrected chi connectivity index (χ0v) is 16.3. The molecule has 0 aromatic rings. The molecule has 0 aliphatic heterocycles. The average molecular weight is 382 g/mol. The highest BCUT2D eigenvalue weighted by atomic mass is 16.6. The molecule has 0 amide bonds. The molecule has 1 fully saturated rings. The van der Waals surface area contributed by atoms with Gasteiger partial charge in [-0.15, -0.1) is 0 Å². The van der Waals surface area contributed by atoms with E-state index in [4.69, 9.17) is 9.47 Å². The minimum atomic E-state index is -0.376. The van der Waals surface area contributed by atoms with Crippen LogP contribution in [0.5, 0.6) is 0 Å². The van der Waals surface area contributed by atoms with Crippen molar-refractivity contribution in [2.45, 2.75) is 71.0 Å². The normalized spacial score (nSPS) is 24.6. The molecule has 1 rings (SSSR count). The Hall–Kier alpha value is -2.18. The first-order chi connectivity index (χ1) is 12.9. The largest absolute Gasteiger partial charge is 0.466 e. The molecule has 1 aliphatic carbocycles. The van der Waals surface area contributed by atoms with Crippen LogP contribution < -0.4 is 0 Å². The maximum absolute atomic E-state index is 11.5. The fraction of sp³-hybridized carbons (Fsp3) is 0.700. The van der Waals surface area contributed by atoms with Crippen LogP contribution in [0.2, 0.25) is 0 Å². The first kappa shape index (κ1) is 22.9. The van der Waals surface area contributed by atoms with Gasteiger partial charge in [0.15, 0.2) is 0 Å². The van der Waals surface area contributed by atoms with E-state index >= 15 is 0 Å². The number of methoxy groups -OCH3 is 1. The number of esters is 3. The van der Waals surface area contributed by atoms with Crippen molar-refractivity contribution in [2.24, 2.45) is 11.8 Å². The summed E-state index contributed by atoms with van der Waals surface area (Å²) >= 11 is 0. The number of allylic oxidation sites excluding steroid dienone is 1. The Balaban J connectivity index is 2.69. The van der Waals surface area contributed by atoms with Gasteiger partial charge in [0.1, 0.15) is 18.5 Å². The van der Waals surface area contributed by atoms with Crippen LogP contribution in [0.25, 0.3) is 0 Å². The Labute approximate surface area is 160 Å². The van der Waals surface area contributed by atoms with Gasteiger partial charge in [0.25, 0.3) is 0 Å². The molecular formula is C20H30O7. The summed E-state index contributed by atoms with van der Waals surface area (Å²) in [4.78, 5) is 44.8. The number of aldehydes is 1. The van der Waals surface area contributed by atoms with E-state index in [1.165, 1.54) is 27.0 Å². The van der Waals surface area contributed by atoms with Gasteiger partial charge in [0, 0.05) is 44.6 Å². The molecule has 27 heavy (non-hydrogen) atoms. The number of hydrogen-bond acceptors (Lipinski definition) is 7. The SMILES string of the molecule is COC(=O)C=CCCCC[C@@H]1[C@@H](CCC=O)[C@H](OC(C)=O)C[C@@H]1OC(C)=O. The minimum Gasteiger partial charge on any atom is -0.466 e. The topological polar surface area (TPSA) is 96.0 Å². The van der Waals surface area contributed by atoms with Crippen molar-refractivity contribution in [3.63, 3.8) is 0 Å². The van der Waals surface area contributed by atoms with Gasteiger partial charge in [-0.1, -0.05) is 12.5 Å². The van der Waals surface area contributed by atoms with Crippen molar-refractivity contribution in [3.05, 3.63) is 12.2 Å². The summed E-state index contributed by atoms with van der Waals surface area (Å²) in [5, 5.41) is 0. The predicted octanol–water partition coefficient (Wildman–Crippen LogP) is 2.75. The van der Waals surface area contributed by atoms with Crippen LogP contribution in [0.3, 0.4) is 0 Å². The molecule has 152 valence electrons. The van der Waals surface area contributed by atoms with Crippen LogP contribution in [0.1, 0.15) is 58.8 Å². The van der Waals surface area contributed by atoms with Crippen molar-refractivity contribution >= 4 is 24.2 Å². The molecular weight excluding hydrogens is 352 g/mol. The summed E-state index contributed by atoms with van der Waals surface area (Å²) < 4.78 is 15.5. The van der Waals surface area contributed by atoms with Gasteiger partial charge in [0.2, 0.25) is 0 Å². The molecule has 0 aromatic carbocycles. The maximum Gasteiger partial charge on any atom is 0.330 e.